The first-order chi connectivity index (χ1) is 13.4. The number of hydrogen-bond donors (Lipinski definition) is 2. The SMILES string of the molecule is c1cc(C2=NCCN2)cc(-c2cc(-c3ccc(C4=NCCN4)cc3)on2)c1. The molecule has 0 fully saturated rings. The van der Waals surface area contributed by atoms with Gasteiger partial charge in [0.05, 0.1) is 13.1 Å². The minimum absolute atomic E-state index is 0.750. The van der Waals surface area contributed by atoms with Gasteiger partial charge >= 0.3 is 0 Å². The molecule has 0 unspecified atom stereocenters. The molecule has 2 aliphatic heterocycles. The third kappa shape index (κ3) is 3.10. The molecular formula is C21H19N5O. The minimum atomic E-state index is 0.750. The van der Waals surface area contributed by atoms with Crippen LogP contribution in [-0.2, 0) is 0 Å². The van der Waals surface area contributed by atoms with Crippen molar-refractivity contribution in [1.29, 1.82) is 0 Å². The molecule has 0 saturated heterocycles. The fourth-order valence-corrected chi connectivity index (χ4v) is 3.35. The molecule has 27 heavy (non-hydrogen) atoms. The third-order valence-electron chi connectivity index (χ3n) is 4.73. The van der Waals surface area contributed by atoms with Crippen LogP contribution in [0.25, 0.3) is 22.6 Å². The van der Waals surface area contributed by atoms with Crippen molar-refractivity contribution in [2.45, 2.75) is 0 Å². The zero-order chi connectivity index (χ0) is 18.1. The van der Waals surface area contributed by atoms with E-state index in [2.05, 4.69) is 50.0 Å². The molecule has 5 rings (SSSR count). The van der Waals surface area contributed by atoms with Crippen LogP contribution in [0.5, 0.6) is 0 Å². The summed E-state index contributed by atoms with van der Waals surface area (Å²) < 4.78 is 5.59. The first-order valence-corrected chi connectivity index (χ1v) is 9.12. The van der Waals surface area contributed by atoms with E-state index in [1.807, 2.05) is 30.3 Å². The number of hydrogen-bond acceptors (Lipinski definition) is 6. The summed E-state index contributed by atoms with van der Waals surface area (Å²) in [5.74, 6) is 2.65. The van der Waals surface area contributed by atoms with Crippen molar-refractivity contribution in [1.82, 2.24) is 15.8 Å². The van der Waals surface area contributed by atoms with Crippen LogP contribution in [0.3, 0.4) is 0 Å². The second kappa shape index (κ2) is 6.72. The van der Waals surface area contributed by atoms with E-state index >= 15 is 0 Å². The lowest BCUT2D eigenvalue weighted by atomic mass is 10.1. The Kier molecular flexibility index (Phi) is 3.93. The van der Waals surface area contributed by atoms with E-state index in [1.165, 1.54) is 0 Å². The summed E-state index contributed by atoms with van der Waals surface area (Å²) >= 11 is 0. The number of aromatic nitrogens is 1. The van der Waals surface area contributed by atoms with Gasteiger partial charge in [-0.2, -0.15) is 0 Å². The summed E-state index contributed by atoms with van der Waals surface area (Å²) in [4.78, 5) is 8.93. The van der Waals surface area contributed by atoms with Crippen LogP contribution in [0.2, 0.25) is 0 Å². The first kappa shape index (κ1) is 15.8. The maximum Gasteiger partial charge on any atom is 0.167 e. The highest BCUT2D eigenvalue weighted by atomic mass is 16.5. The molecule has 0 bridgehead atoms. The standard InChI is InChI=1S/C21H19N5O/c1-2-16(12-17(3-1)21-24-10-11-25-21)18-13-19(27-26-18)14-4-6-15(7-5-14)20-22-8-9-23-20/h1-7,12-13H,8-11H2,(H,22,23)(H,24,25). The van der Waals surface area contributed by atoms with Crippen LogP contribution in [0.1, 0.15) is 11.1 Å². The molecule has 1 aromatic heterocycles. The molecule has 0 radical (unpaired) electrons. The predicted molar refractivity (Wildman–Crippen MR) is 106 cm³/mol. The van der Waals surface area contributed by atoms with Gasteiger partial charge in [-0.15, -0.1) is 0 Å². The Morgan fingerprint density at radius 2 is 1.37 bits per heavy atom. The molecule has 0 spiro atoms. The second-order valence-corrected chi connectivity index (χ2v) is 6.55. The van der Waals surface area contributed by atoms with Crippen LogP contribution in [0.15, 0.2) is 69.1 Å². The number of aliphatic imine (C=N–C) groups is 2. The van der Waals surface area contributed by atoms with E-state index in [0.29, 0.717) is 0 Å². The zero-order valence-corrected chi connectivity index (χ0v) is 14.8. The summed E-state index contributed by atoms with van der Waals surface area (Å²) in [5, 5.41) is 10.8. The van der Waals surface area contributed by atoms with Crippen LogP contribution in [0.4, 0.5) is 0 Å². The Labute approximate surface area is 157 Å². The van der Waals surface area contributed by atoms with Gasteiger partial charge in [-0.1, -0.05) is 47.6 Å². The predicted octanol–water partition coefficient (Wildman–Crippen LogP) is 2.71. The number of nitrogens with one attached hydrogen (secondary N) is 2. The fraction of sp³-hybridized carbons (Fsp3) is 0.190. The Balaban J connectivity index is 1.40. The lowest BCUT2D eigenvalue weighted by Crippen LogP contribution is -2.19. The maximum atomic E-state index is 5.59. The fourth-order valence-electron chi connectivity index (χ4n) is 3.35. The Bertz CT molecular complexity index is 1030. The number of nitrogens with zero attached hydrogens (tertiary/aromatic N) is 3. The third-order valence-corrected chi connectivity index (χ3v) is 4.73. The molecule has 6 heteroatoms. The van der Waals surface area contributed by atoms with Gasteiger partial charge in [-0.25, -0.2) is 0 Å². The second-order valence-electron chi connectivity index (χ2n) is 6.55. The molecule has 2 N–H and O–H groups in total. The van der Waals surface area contributed by atoms with Gasteiger partial charge in [0.25, 0.3) is 0 Å². The summed E-state index contributed by atoms with van der Waals surface area (Å²) in [6.45, 7) is 3.46. The highest BCUT2D eigenvalue weighted by Crippen LogP contribution is 2.27. The molecule has 0 amide bonds. The largest absolute Gasteiger partial charge is 0.368 e. The van der Waals surface area contributed by atoms with Crippen molar-refractivity contribution in [2.75, 3.05) is 26.2 Å². The lowest BCUT2D eigenvalue weighted by Gasteiger charge is -2.03. The first-order valence-electron chi connectivity index (χ1n) is 9.12. The highest BCUT2D eigenvalue weighted by Gasteiger charge is 2.13. The molecule has 3 heterocycles. The van der Waals surface area contributed by atoms with Crippen LogP contribution < -0.4 is 10.6 Å². The summed E-state index contributed by atoms with van der Waals surface area (Å²) in [6, 6.07) is 18.4. The molecule has 0 atom stereocenters. The molecule has 134 valence electrons. The van der Waals surface area contributed by atoms with Gasteiger partial charge in [0.15, 0.2) is 5.76 Å². The zero-order valence-electron chi connectivity index (χ0n) is 14.8. The van der Waals surface area contributed by atoms with E-state index in [1.54, 1.807) is 0 Å². The molecule has 0 aliphatic carbocycles. The number of rotatable bonds is 4. The lowest BCUT2D eigenvalue weighted by molar-refractivity contribution is 0.435. The van der Waals surface area contributed by atoms with Crippen molar-refractivity contribution in [3.05, 3.63) is 65.7 Å². The van der Waals surface area contributed by atoms with Gasteiger partial charge in [0.1, 0.15) is 17.4 Å². The van der Waals surface area contributed by atoms with E-state index in [4.69, 9.17) is 4.52 Å². The van der Waals surface area contributed by atoms with Crippen LogP contribution in [-0.4, -0.2) is 43.0 Å². The topological polar surface area (TPSA) is 74.8 Å². The van der Waals surface area contributed by atoms with E-state index in [0.717, 1.165) is 71.6 Å². The number of benzene rings is 2. The van der Waals surface area contributed by atoms with Gasteiger partial charge in [0, 0.05) is 41.4 Å². The van der Waals surface area contributed by atoms with E-state index < -0.39 is 0 Å². The Hall–Kier alpha value is -3.41. The van der Waals surface area contributed by atoms with Crippen molar-refractivity contribution in [3.63, 3.8) is 0 Å². The monoisotopic (exact) mass is 357 g/mol. The van der Waals surface area contributed by atoms with Crippen LogP contribution >= 0.6 is 0 Å². The van der Waals surface area contributed by atoms with Crippen LogP contribution in [0, 0.1) is 0 Å². The van der Waals surface area contributed by atoms with Crippen molar-refractivity contribution < 1.29 is 4.52 Å². The van der Waals surface area contributed by atoms with E-state index in [-0.39, 0.29) is 0 Å². The molecule has 6 nitrogen and oxygen atoms in total. The van der Waals surface area contributed by atoms with Crippen molar-refractivity contribution >= 4 is 11.7 Å². The molecular weight excluding hydrogens is 338 g/mol. The number of amidine groups is 2. The molecule has 3 aromatic rings. The molecule has 2 aromatic carbocycles. The van der Waals surface area contributed by atoms with E-state index in [9.17, 15) is 0 Å². The van der Waals surface area contributed by atoms with Gasteiger partial charge in [0.2, 0.25) is 0 Å². The van der Waals surface area contributed by atoms with Gasteiger partial charge in [-0.3, -0.25) is 9.98 Å². The quantitative estimate of drug-likeness (QED) is 0.753. The average Bonchev–Trinajstić information content (AvgIpc) is 3.51. The van der Waals surface area contributed by atoms with Gasteiger partial charge in [-0.05, 0) is 6.07 Å². The summed E-state index contributed by atoms with van der Waals surface area (Å²) in [6.07, 6.45) is 0. The molecule has 2 aliphatic rings. The molecule has 0 saturated carbocycles. The summed E-state index contributed by atoms with van der Waals surface area (Å²) in [5.41, 5.74) is 4.99. The summed E-state index contributed by atoms with van der Waals surface area (Å²) in [7, 11) is 0. The average molecular weight is 357 g/mol. The minimum Gasteiger partial charge on any atom is -0.368 e. The maximum absolute atomic E-state index is 5.59. The van der Waals surface area contributed by atoms with Crippen molar-refractivity contribution in [3.8, 4) is 22.6 Å². The van der Waals surface area contributed by atoms with Gasteiger partial charge < -0.3 is 15.2 Å². The smallest absolute Gasteiger partial charge is 0.167 e. The van der Waals surface area contributed by atoms with Crippen molar-refractivity contribution in [2.24, 2.45) is 9.98 Å². The Morgan fingerprint density at radius 1 is 0.704 bits per heavy atom. The normalized spacial score (nSPS) is 15.9. The Morgan fingerprint density at radius 3 is 2.07 bits per heavy atom. The highest BCUT2D eigenvalue weighted by molar-refractivity contribution is 6.01.